The van der Waals surface area contributed by atoms with Crippen LogP contribution < -0.4 is 4.74 Å². The van der Waals surface area contributed by atoms with Crippen molar-refractivity contribution in [3.05, 3.63) is 64.7 Å². The second-order valence-electron chi connectivity index (χ2n) is 3.55. The molecule has 85 valence electrons. The summed E-state index contributed by atoms with van der Waals surface area (Å²) in [4.78, 5) is 10.4. The molecule has 0 aliphatic heterocycles. The molecule has 1 radical (unpaired) electrons. The van der Waals surface area contributed by atoms with Crippen molar-refractivity contribution in [2.45, 2.75) is 6.61 Å². The van der Waals surface area contributed by atoms with Gasteiger partial charge in [-0.25, -0.2) is 0 Å². The quantitative estimate of drug-likeness (QED) is 0.826. The molecule has 3 heteroatoms. The second-order valence-corrected chi connectivity index (χ2v) is 3.98. The molecular formula is C14H10ClO2. The van der Waals surface area contributed by atoms with Gasteiger partial charge in [0.15, 0.2) is 0 Å². The maximum absolute atomic E-state index is 10.4. The van der Waals surface area contributed by atoms with Crippen LogP contribution in [-0.4, -0.2) is 6.29 Å². The van der Waals surface area contributed by atoms with Gasteiger partial charge in [-0.05, 0) is 23.8 Å². The van der Waals surface area contributed by atoms with Crippen molar-refractivity contribution in [2.24, 2.45) is 0 Å². The Bertz CT molecular complexity index is 506. The minimum absolute atomic E-state index is 0.444. The Morgan fingerprint density at radius 3 is 2.53 bits per heavy atom. The first-order chi connectivity index (χ1) is 8.28. The molecule has 17 heavy (non-hydrogen) atoms. The third kappa shape index (κ3) is 3.33. The highest BCUT2D eigenvalue weighted by Gasteiger charge is 1.97. The fourth-order valence-corrected chi connectivity index (χ4v) is 1.57. The zero-order chi connectivity index (χ0) is 12.1. The fourth-order valence-electron chi connectivity index (χ4n) is 1.39. The average molecular weight is 246 g/mol. The Balaban J connectivity index is 1.99. The van der Waals surface area contributed by atoms with Crippen LogP contribution in [0.1, 0.15) is 11.1 Å². The maximum Gasteiger partial charge on any atom is 0.233 e. The number of ether oxygens (including phenoxy) is 1. The molecule has 0 saturated carbocycles. The molecule has 0 N–H and O–H groups in total. The first-order valence-corrected chi connectivity index (χ1v) is 5.51. The number of hydrogen-bond acceptors (Lipinski definition) is 2. The third-order valence-electron chi connectivity index (χ3n) is 2.27. The highest BCUT2D eigenvalue weighted by Crippen LogP contribution is 2.18. The first kappa shape index (κ1) is 11.7. The number of halogens is 1. The van der Waals surface area contributed by atoms with Crippen molar-refractivity contribution in [3.8, 4) is 5.75 Å². The molecule has 0 spiro atoms. The standard InChI is InChI=1S/C14H10ClO2/c15-13-2-1-3-14(8-13)17-10-12-6-4-11(9-16)5-7-12/h1-8H,10H2. The molecular weight excluding hydrogens is 236 g/mol. The van der Waals surface area contributed by atoms with E-state index in [-0.39, 0.29) is 0 Å². The number of benzene rings is 2. The number of hydrogen-bond donors (Lipinski definition) is 0. The number of carbonyl (C=O) groups excluding carboxylic acids is 1. The van der Waals surface area contributed by atoms with Gasteiger partial charge < -0.3 is 4.74 Å². The van der Waals surface area contributed by atoms with E-state index in [2.05, 4.69) is 0 Å². The fraction of sp³-hybridized carbons (Fsp3) is 0.0714. The molecule has 0 unspecified atom stereocenters. The lowest BCUT2D eigenvalue weighted by Gasteiger charge is -2.06. The molecule has 0 fully saturated rings. The maximum atomic E-state index is 10.4. The predicted octanol–water partition coefficient (Wildman–Crippen LogP) is 3.38. The van der Waals surface area contributed by atoms with E-state index in [0.29, 0.717) is 17.2 Å². The van der Waals surface area contributed by atoms with Crippen molar-refractivity contribution >= 4 is 17.9 Å². The van der Waals surface area contributed by atoms with E-state index < -0.39 is 0 Å². The smallest absolute Gasteiger partial charge is 0.233 e. The largest absolute Gasteiger partial charge is 0.489 e. The van der Waals surface area contributed by atoms with Crippen molar-refractivity contribution in [3.63, 3.8) is 0 Å². The van der Waals surface area contributed by atoms with Gasteiger partial charge in [0.05, 0.1) is 0 Å². The Hall–Kier alpha value is -1.80. The van der Waals surface area contributed by atoms with Gasteiger partial charge >= 0.3 is 0 Å². The van der Waals surface area contributed by atoms with Crippen LogP contribution in [0.3, 0.4) is 0 Å². The highest BCUT2D eigenvalue weighted by atomic mass is 35.5. The molecule has 2 rings (SSSR count). The van der Waals surface area contributed by atoms with Gasteiger partial charge in [-0.1, -0.05) is 41.9 Å². The van der Waals surface area contributed by atoms with Crippen molar-refractivity contribution in [1.82, 2.24) is 0 Å². The Kier molecular flexibility index (Phi) is 3.78. The molecule has 2 aromatic carbocycles. The summed E-state index contributed by atoms with van der Waals surface area (Å²) in [6, 6.07) is 14.3. The summed E-state index contributed by atoms with van der Waals surface area (Å²) >= 11 is 5.84. The van der Waals surface area contributed by atoms with Gasteiger partial charge in [0.2, 0.25) is 6.29 Å². The molecule has 0 aromatic heterocycles. The Labute approximate surface area is 105 Å². The van der Waals surface area contributed by atoms with E-state index in [1.807, 2.05) is 30.6 Å². The van der Waals surface area contributed by atoms with Gasteiger partial charge in [-0.3, -0.25) is 4.79 Å². The van der Waals surface area contributed by atoms with Crippen LogP contribution in [0.5, 0.6) is 5.75 Å². The van der Waals surface area contributed by atoms with E-state index in [4.69, 9.17) is 16.3 Å². The van der Waals surface area contributed by atoms with Crippen LogP contribution in [-0.2, 0) is 11.4 Å². The van der Waals surface area contributed by atoms with E-state index in [1.165, 1.54) is 0 Å². The van der Waals surface area contributed by atoms with Crippen LogP contribution in [0.15, 0.2) is 48.5 Å². The molecule has 0 heterocycles. The van der Waals surface area contributed by atoms with Crippen molar-refractivity contribution in [1.29, 1.82) is 0 Å². The summed E-state index contributed by atoms with van der Waals surface area (Å²) < 4.78 is 5.56. The van der Waals surface area contributed by atoms with Crippen LogP contribution in [0.2, 0.25) is 5.02 Å². The zero-order valence-electron chi connectivity index (χ0n) is 9.02. The molecule has 0 amide bonds. The van der Waals surface area contributed by atoms with E-state index in [9.17, 15) is 4.79 Å². The van der Waals surface area contributed by atoms with Gasteiger partial charge in [-0.15, -0.1) is 0 Å². The minimum Gasteiger partial charge on any atom is -0.489 e. The topological polar surface area (TPSA) is 26.3 Å². The normalized spacial score (nSPS) is 9.94. The summed E-state index contributed by atoms with van der Waals surface area (Å²) in [5, 5.41) is 0.647. The third-order valence-corrected chi connectivity index (χ3v) is 2.51. The molecule has 0 atom stereocenters. The van der Waals surface area contributed by atoms with Gasteiger partial charge in [0.1, 0.15) is 12.4 Å². The summed E-state index contributed by atoms with van der Waals surface area (Å²) in [5.74, 6) is 0.725. The Morgan fingerprint density at radius 2 is 1.88 bits per heavy atom. The van der Waals surface area contributed by atoms with E-state index >= 15 is 0 Å². The minimum atomic E-state index is 0.444. The summed E-state index contributed by atoms with van der Waals surface area (Å²) in [6.07, 6.45) is 1.83. The van der Waals surface area contributed by atoms with E-state index in [0.717, 1.165) is 11.3 Å². The van der Waals surface area contributed by atoms with Crippen molar-refractivity contribution < 1.29 is 9.53 Å². The summed E-state index contributed by atoms with van der Waals surface area (Å²) in [6.45, 7) is 0.444. The molecule has 0 aliphatic carbocycles. The molecule has 0 aliphatic rings. The van der Waals surface area contributed by atoms with Crippen LogP contribution >= 0.6 is 11.6 Å². The monoisotopic (exact) mass is 245 g/mol. The molecule has 2 nitrogen and oxygen atoms in total. The van der Waals surface area contributed by atoms with Crippen molar-refractivity contribution in [2.75, 3.05) is 0 Å². The first-order valence-electron chi connectivity index (χ1n) is 5.13. The summed E-state index contributed by atoms with van der Waals surface area (Å²) in [5.41, 5.74) is 1.53. The average Bonchev–Trinajstić information content (AvgIpc) is 2.37. The summed E-state index contributed by atoms with van der Waals surface area (Å²) in [7, 11) is 0. The lowest BCUT2D eigenvalue weighted by Crippen LogP contribution is -1.95. The lowest BCUT2D eigenvalue weighted by atomic mass is 10.2. The van der Waals surface area contributed by atoms with Crippen LogP contribution in [0.25, 0.3) is 0 Å². The second kappa shape index (κ2) is 5.51. The lowest BCUT2D eigenvalue weighted by molar-refractivity contribution is 0.306. The van der Waals surface area contributed by atoms with Gasteiger partial charge in [-0.2, -0.15) is 0 Å². The zero-order valence-corrected chi connectivity index (χ0v) is 9.78. The van der Waals surface area contributed by atoms with Crippen LogP contribution in [0.4, 0.5) is 0 Å². The molecule has 0 bridgehead atoms. The molecule has 2 aromatic rings. The molecule has 0 saturated heterocycles. The highest BCUT2D eigenvalue weighted by molar-refractivity contribution is 6.30. The van der Waals surface area contributed by atoms with E-state index in [1.54, 1.807) is 24.3 Å². The van der Waals surface area contributed by atoms with Gasteiger partial charge in [0, 0.05) is 10.6 Å². The number of rotatable bonds is 4. The van der Waals surface area contributed by atoms with Crippen LogP contribution in [0, 0.1) is 0 Å². The predicted molar refractivity (Wildman–Crippen MR) is 67.0 cm³/mol. The van der Waals surface area contributed by atoms with Gasteiger partial charge in [0.25, 0.3) is 0 Å². The SMILES string of the molecule is O=[C]c1ccc(COc2cccc(Cl)c2)cc1. The Morgan fingerprint density at radius 1 is 1.12 bits per heavy atom.